The molecule has 5 nitrogen and oxygen atoms in total. The molecule has 3 rings (SSSR count). The molecular weight excluding hydrogens is 278 g/mol. The monoisotopic (exact) mass is 297 g/mol. The molecule has 1 saturated heterocycles. The average molecular weight is 297 g/mol. The van der Waals surface area contributed by atoms with E-state index in [0.717, 1.165) is 31.5 Å². The molecule has 0 amide bonds. The van der Waals surface area contributed by atoms with Crippen LogP contribution in [0.4, 0.5) is 5.82 Å². The summed E-state index contributed by atoms with van der Waals surface area (Å²) in [4.78, 5) is 22.3. The highest BCUT2D eigenvalue weighted by molar-refractivity contribution is 5.93. The number of carboxylic acids is 1. The fourth-order valence-electron chi connectivity index (χ4n) is 2.71. The molecule has 22 heavy (non-hydrogen) atoms. The Bertz CT molecular complexity index is 677. The summed E-state index contributed by atoms with van der Waals surface area (Å²) in [5.41, 5.74) is 2.25. The van der Waals surface area contributed by atoms with Gasteiger partial charge in [-0.05, 0) is 26.2 Å². The normalized spacial score (nSPS) is 14.9. The number of nitrogens with zero attached hydrogens (tertiary/aromatic N) is 3. The maximum absolute atomic E-state index is 11.5. The summed E-state index contributed by atoms with van der Waals surface area (Å²) in [7, 11) is 0. The first-order chi connectivity index (χ1) is 10.6. The van der Waals surface area contributed by atoms with Crippen LogP contribution >= 0.6 is 0 Å². The van der Waals surface area contributed by atoms with Crippen molar-refractivity contribution in [3.8, 4) is 11.4 Å². The molecule has 1 aliphatic rings. The van der Waals surface area contributed by atoms with Crippen molar-refractivity contribution >= 4 is 11.8 Å². The molecule has 0 radical (unpaired) electrons. The molecule has 2 heterocycles. The summed E-state index contributed by atoms with van der Waals surface area (Å²) in [5.74, 6) is 0.138. The number of anilines is 1. The van der Waals surface area contributed by atoms with E-state index in [4.69, 9.17) is 0 Å². The first-order valence-corrected chi connectivity index (χ1v) is 7.57. The lowest BCUT2D eigenvalue weighted by Gasteiger charge is -2.28. The third-order valence-corrected chi connectivity index (χ3v) is 3.96. The molecule has 1 aromatic heterocycles. The summed E-state index contributed by atoms with van der Waals surface area (Å²) in [6.45, 7) is 3.73. The number of carboxylic acid groups (broad SMARTS) is 1. The predicted octanol–water partition coefficient (Wildman–Crippen LogP) is 3.14. The van der Waals surface area contributed by atoms with Gasteiger partial charge in [0.15, 0.2) is 5.82 Å². The Hall–Kier alpha value is -2.43. The number of piperidine rings is 1. The van der Waals surface area contributed by atoms with Gasteiger partial charge in [0, 0.05) is 24.8 Å². The van der Waals surface area contributed by atoms with Crippen molar-refractivity contribution in [2.24, 2.45) is 0 Å². The second kappa shape index (κ2) is 6.13. The zero-order chi connectivity index (χ0) is 15.5. The standard InChI is InChI=1S/C17H19N3O2/c1-12-5-7-13(8-6-12)15-18-11-14(17(21)22)16(19-15)20-9-3-2-4-10-20/h5-8,11H,2-4,9-10H2,1H3,(H,21,22). The Morgan fingerprint density at radius 3 is 2.45 bits per heavy atom. The van der Waals surface area contributed by atoms with Gasteiger partial charge < -0.3 is 10.0 Å². The molecule has 2 aromatic rings. The van der Waals surface area contributed by atoms with Crippen molar-refractivity contribution in [2.45, 2.75) is 26.2 Å². The lowest BCUT2D eigenvalue weighted by atomic mass is 10.1. The van der Waals surface area contributed by atoms with Crippen molar-refractivity contribution in [1.82, 2.24) is 9.97 Å². The van der Waals surface area contributed by atoms with Crippen LogP contribution in [0.25, 0.3) is 11.4 Å². The zero-order valence-corrected chi connectivity index (χ0v) is 12.6. The van der Waals surface area contributed by atoms with Crippen molar-refractivity contribution in [3.05, 3.63) is 41.6 Å². The number of aromatic nitrogens is 2. The van der Waals surface area contributed by atoms with Crippen LogP contribution in [0, 0.1) is 6.92 Å². The minimum atomic E-state index is -0.976. The molecule has 0 bridgehead atoms. The van der Waals surface area contributed by atoms with Crippen LogP contribution in [0.1, 0.15) is 35.2 Å². The van der Waals surface area contributed by atoms with Crippen molar-refractivity contribution in [3.63, 3.8) is 0 Å². The first-order valence-electron chi connectivity index (χ1n) is 7.57. The number of rotatable bonds is 3. The second-order valence-electron chi connectivity index (χ2n) is 5.65. The number of benzene rings is 1. The molecule has 0 spiro atoms. The van der Waals surface area contributed by atoms with E-state index in [-0.39, 0.29) is 5.56 Å². The number of carbonyl (C=O) groups is 1. The highest BCUT2D eigenvalue weighted by Crippen LogP contribution is 2.25. The van der Waals surface area contributed by atoms with Crippen LogP contribution < -0.4 is 4.90 Å². The van der Waals surface area contributed by atoms with Crippen molar-refractivity contribution in [2.75, 3.05) is 18.0 Å². The van der Waals surface area contributed by atoms with Gasteiger partial charge in [-0.3, -0.25) is 0 Å². The van der Waals surface area contributed by atoms with E-state index in [0.29, 0.717) is 11.6 Å². The maximum Gasteiger partial charge on any atom is 0.341 e. The minimum Gasteiger partial charge on any atom is -0.477 e. The molecule has 5 heteroatoms. The minimum absolute atomic E-state index is 0.178. The van der Waals surface area contributed by atoms with Crippen molar-refractivity contribution < 1.29 is 9.90 Å². The van der Waals surface area contributed by atoms with E-state index >= 15 is 0 Å². The van der Waals surface area contributed by atoms with Gasteiger partial charge in [-0.1, -0.05) is 29.8 Å². The Morgan fingerprint density at radius 1 is 1.14 bits per heavy atom. The molecule has 114 valence electrons. The molecule has 1 aromatic carbocycles. The quantitative estimate of drug-likeness (QED) is 0.942. The molecule has 1 aliphatic heterocycles. The molecule has 1 fully saturated rings. The number of aryl methyl sites for hydroxylation is 1. The molecule has 0 unspecified atom stereocenters. The maximum atomic E-state index is 11.5. The summed E-state index contributed by atoms with van der Waals surface area (Å²) in [6, 6.07) is 7.94. The Balaban J connectivity index is 2.02. The van der Waals surface area contributed by atoms with Gasteiger partial charge >= 0.3 is 5.97 Å². The van der Waals surface area contributed by atoms with Crippen LogP contribution in [-0.2, 0) is 0 Å². The van der Waals surface area contributed by atoms with Crippen molar-refractivity contribution in [1.29, 1.82) is 0 Å². The predicted molar refractivity (Wildman–Crippen MR) is 85.2 cm³/mol. The lowest BCUT2D eigenvalue weighted by molar-refractivity contribution is 0.0696. The van der Waals surface area contributed by atoms with Gasteiger partial charge in [0.2, 0.25) is 0 Å². The van der Waals surface area contributed by atoms with E-state index in [1.165, 1.54) is 18.2 Å². The largest absolute Gasteiger partial charge is 0.477 e. The Kier molecular flexibility index (Phi) is 4.04. The average Bonchev–Trinajstić information content (AvgIpc) is 2.56. The van der Waals surface area contributed by atoms with E-state index < -0.39 is 5.97 Å². The fraction of sp³-hybridized carbons (Fsp3) is 0.353. The Labute approximate surface area is 129 Å². The van der Waals surface area contributed by atoms with E-state index in [2.05, 4.69) is 14.9 Å². The SMILES string of the molecule is Cc1ccc(-c2ncc(C(=O)O)c(N3CCCCC3)n2)cc1. The third-order valence-electron chi connectivity index (χ3n) is 3.96. The number of aromatic carboxylic acids is 1. The molecule has 0 aliphatic carbocycles. The number of hydrogen-bond donors (Lipinski definition) is 1. The molecule has 0 saturated carbocycles. The Morgan fingerprint density at radius 2 is 1.82 bits per heavy atom. The number of hydrogen-bond acceptors (Lipinski definition) is 4. The van der Waals surface area contributed by atoms with Gasteiger partial charge in [0.25, 0.3) is 0 Å². The summed E-state index contributed by atoms with van der Waals surface area (Å²) >= 11 is 0. The third kappa shape index (κ3) is 2.93. The van der Waals surface area contributed by atoms with E-state index in [1.807, 2.05) is 31.2 Å². The van der Waals surface area contributed by atoms with Crippen LogP contribution in [0.5, 0.6) is 0 Å². The highest BCUT2D eigenvalue weighted by Gasteiger charge is 2.21. The zero-order valence-electron chi connectivity index (χ0n) is 12.6. The van der Waals surface area contributed by atoms with Gasteiger partial charge in [-0.15, -0.1) is 0 Å². The van der Waals surface area contributed by atoms with E-state index in [1.54, 1.807) is 0 Å². The molecule has 1 N–H and O–H groups in total. The van der Waals surface area contributed by atoms with Gasteiger partial charge in [0.05, 0.1) is 0 Å². The molecular formula is C17H19N3O2. The van der Waals surface area contributed by atoms with Gasteiger partial charge in [-0.25, -0.2) is 14.8 Å². The smallest absolute Gasteiger partial charge is 0.341 e. The van der Waals surface area contributed by atoms with Crippen LogP contribution in [-0.4, -0.2) is 34.1 Å². The fourth-order valence-corrected chi connectivity index (χ4v) is 2.71. The highest BCUT2D eigenvalue weighted by atomic mass is 16.4. The van der Waals surface area contributed by atoms with Gasteiger partial charge in [-0.2, -0.15) is 0 Å². The summed E-state index contributed by atoms with van der Waals surface area (Å²) in [5, 5.41) is 9.39. The summed E-state index contributed by atoms with van der Waals surface area (Å²) < 4.78 is 0. The van der Waals surface area contributed by atoms with Crippen LogP contribution in [0.3, 0.4) is 0 Å². The van der Waals surface area contributed by atoms with Crippen LogP contribution in [0.2, 0.25) is 0 Å². The lowest BCUT2D eigenvalue weighted by Crippen LogP contribution is -2.32. The molecule has 0 atom stereocenters. The summed E-state index contributed by atoms with van der Waals surface area (Å²) in [6.07, 6.45) is 4.76. The first kappa shape index (κ1) is 14.5. The van der Waals surface area contributed by atoms with Gasteiger partial charge in [0.1, 0.15) is 11.4 Å². The second-order valence-corrected chi connectivity index (χ2v) is 5.65. The van der Waals surface area contributed by atoms with E-state index in [9.17, 15) is 9.90 Å². The topological polar surface area (TPSA) is 66.3 Å². The van der Waals surface area contributed by atoms with Crippen LogP contribution in [0.15, 0.2) is 30.5 Å².